The van der Waals surface area contributed by atoms with Gasteiger partial charge < -0.3 is 0 Å². The first-order chi connectivity index (χ1) is 6.50. The van der Waals surface area contributed by atoms with E-state index in [1.54, 1.807) is 0 Å². The van der Waals surface area contributed by atoms with Gasteiger partial charge in [-0.2, -0.15) is 0 Å². The normalized spacial score (nSPS) is 29.5. The Hall–Kier alpha value is -0.370. The van der Waals surface area contributed by atoms with E-state index in [1.165, 1.54) is 6.42 Å². The lowest BCUT2D eigenvalue weighted by molar-refractivity contribution is -0.123. The molecule has 1 fully saturated rings. The van der Waals surface area contributed by atoms with Crippen LogP contribution in [0.15, 0.2) is 0 Å². The molecule has 1 aliphatic rings. The van der Waals surface area contributed by atoms with Crippen molar-refractivity contribution in [3.63, 3.8) is 0 Å². The molecule has 0 aromatic carbocycles. The predicted octanol–water partition coefficient (Wildman–Crippen LogP) is 2.19. The monoisotopic (exact) mass is 197 g/mol. The summed E-state index contributed by atoms with van der Waals surface area (Å²) in [6.07, 6.45) is 1.24. The largest absolute Gasteiger partial charge is 0.298 e. The molecule has 14 heavy (non-hydrogen) atoms. The molecule has 0 aromatic rings. The molecule has 1 heterocycles. The first kappa shape index (κ1) is 11.7. The van der Waals surface area contributed by atoms with Crippen LogP contribution in [0.4, 0.5) is 0 Å². The topological polar surface area (TPSA) is 20.3 Å². The van der Waals surface area contributed by atoms with E-state index in [0.717, 1.165) is 24.9 Å². The fraction of sp³-hybridized carbons (Fsp3) is 0.917. The van der Waals surface area contributed by atoms with Crippen LogP contribution in [0.5, 0.6) is 0 Å². The molecule has 1 saturated heterocycles. The fourth-order valence-electron chi connectivity index (χ4n) is 1.90. The van der Waals surface area contributed by atoms with E-state index >= 15 is 0 Å². The minimum atomic E-state index is 0.185. The van der Waals surface area contributed by atoms with Crippen molar-refractivity contribution in [2.24, 2.45) is 17.8 Å². The molecule has 0 N–H and O–H groups in total. The average Bonchev–Trinajstić information content (AvgIpc) is 2.11. The number of piperidine rings is 1. The minimum Gasteiger partial charge on any atom is -0.298 e. The molecule has 2 heteroatoms. The number of carbonyl (C=O) groups is 1. The summed E-state index contributed by atoms with van der Waals surface area (Å²) < 4.78 is 0. The van der Waals surface area contributed by atoms with Gasteiger partial charge in [0.2, 0.25) is 0 Å². The third-order valence-electron chi connectivity index (χ3n) is 3.44. The molecule has 1 aliphatic heterocycles. The summed E-state index contributed by atoms with van der Waals surface area (Å²) in [6.45, 7) is 11.4. The van der Waals surface area contributed by atoms with E-state index in [1.807, 2.05) is 13.8 Å². The standard InChI is InChI=1S/C12H23NO/c1-9(2)12(14)8-13-6-5-10(3)11(4)7-13/h9-11H,5-8H2,1-4H3. The summed E-state index contributed by atoms with van der Waals surface area (Å²) in [7, 11) is 0. The highest BCUT2D eigenvalue weighted by molar-refractivity contribution is 5.82. The maximum Gasteiger partial charge on any atom is 0.149 e. The van der Waals surface area contributed by atoms with Gasteiger partial charge in [0.25, 0.3) is 0 Å². The first-order valence-corrected chi connectivity index (χ1v) is 5.75. The summed E-state index contributed by atoms with van der Waals surface area (Å²) in [5.41, 5.74) is 0. The predicted molar refractivity (Wildman–Crippen MR) is 59.2 cm³/mol. The molecule has 0 aromatic heterocycles. The second kappa shape index (κ2) is 4.92. The molecule has 0 spiro atoms. The van der Waals surface area contributed by atoms with E-state index in [-0.39, 0.29) is 5.92 Å². The van der Waals surface area contributed by atoms with Gasteiger partial charge in [0.1, 0.15) is 5.78 Å². The highest BCUT2D eigenvalue weighted by Gasteiger charge is 2.24. The molecular weight excluding hydrogens is 174 g/mol. The molecule has 0 radical (unpaired) electrons. The van der Waals surface area contributed by atoms with Gasteiger partial charge in [0.05, 0.1) is 6.54 Å². The van der Waals surface area contributed by atoms with E-state index < -0.39 is 0 Å². The Balaban J connectivity index is 2.37. The Morgan fingerprint density at radius 1 is 1.36 bits per heavy atom. The van der Waals surface area contributed by atoms with Crippen molar-refractivity contribution >= 4 is 5.78 Å². The molecule has 2 unspecified atom stereocenters. The number of hydrogen-bond donors (Lipinski definition) is 0. The van der Waals surface area contributed by atoms with Gasteiger partial charge in [-0.15, -0.1) is 0 Å². The van der Waals surface area contributed by atoms with Crippen LogP contribution in [0.3, 0.4) is 0 Å². The van der Waals surface area contributed by atoms with Crippen LogP contribution >= 0.6 is 0 Å². The van der Waals surface area contributed by atoms with Crippen LogP contribution in [0, 0.1) is 17.8 Å². The SMILES string of the molecule is CC(C)C(=O)CN1CCC(C)C(C)C1. The number of carbonyl (C=O) groups excluding carboxylic acids is 1. The van der Waals surface area contributed by atoms with E-state index in [2.05, 4.69) is 18.7 Å². The number of ketones is 1. The Bertz CT molecular complexity index is 200. The maximum atomic E-state index is 11.6. The third kappa shape index (κ3) is 3.09. The van der Waals surface area contributed by atoms with Crippen molar-refractivity contribution in [3.05, 3.63) is 0 Å². The molecule has 82 valence electrons. The van der Waals surface area contributed by atoms with Crippen molar-refractivity contribution in [1.29, 1.82) is 0 Å². The smallest absolute Gasteiger partial charge is 0.149 e. The Morgan fingerprint density at radius 3 is 2.50 bits per heavy atom. The van der Waals surface area contributed by atoms with Crippen molar-refractivity contribution < 1.29 is 4.79 Å². The van der Waals surface area contributed by atoms with Gasteiger partial charge >= 0.3 is 0 Å². The van der Waals surface area contributed by atoms with Gasteiger partial charge in [0.15, 0.2) is 0 Å². The quantitative estimate of drug-likeness (QED) is 0.691. The maximum absolute atomic E-state index is 11.6. The highest BCUT2D eigenvalue weighted by Crippen LogP contribution is 2.22. The highest BCUT2D eigenvalue weighted by atomic mass is 16.1. The van der Waals surface area contributed by atoms with Crippen molar-refractivity contribution in [1.82, 2.24) is 4.90 Å². The van der Waals surface area contributed by atoms with Crippen LogP contribution < -0.4 is 0 Å². The van der Waals surface area contributed by atoms with Crippen molar-refractivity contribution in [3.8, 4) is 0 Å². The number of nitrogens with zero attached hydrogens (tertiary/aromatic N) is 1. The lowest BCUT2D eigenvalue weighted by Crippen LogP contribution is -2.41. The molecule has 2 nitrogen and oxygen atoms in total. The summed E-state index contributed by atoms with van der Waals surface area (Å²) in [4.78, 5) is 13.9. The van der Waals surface area contributed by atoms with Crippen LogP contribution in [0.25, 0.3) is 0 Å². The molecule has 0 aliphatic carbocycles. The lowest BCUT2D eigenvalue weighted by Gasteiger charge is -2.35. The van der Waals surface area contributed by atoms with E-state index in [4.69, 9.17) is 0 Å². The van der Waals surface area contributed by atoms with Gasteiger partial charge in [-0.25, -0.2) is 0 Å². The van der Waals surface area contributed by atoms with Gasteiger partial charge in [-0.05, 0) is 24.8 Å². The summed E-state index contributed by atoms with van der Waals surface area (Å²) in [5, 5.41) is 0. The number of rotatable bonds is 3. The van der Waals surface area contributed by atoms with Crippen molar-refractivity contribution in [2.75, 3.05) is 19.6 Å². The van der Waals surface area contributed by atoms with Crippen LogP contribution in [-0.2, 0) is 4.79 Å². The molecule has 0 bridgehead atoms. The Kier molecular flexibility index (Phi) is 4.11. The number of Topliss-reactive ketones (excluding diaryl/α,β-unsaturated/α-hetero) is 1. The first-order valence-electron chi connectivity index (χ1n) is 5.75. The zero-order valence-electron chi connectivity index (χ0n) is 9.92. The van der Waals surface area contributed by atoms with E-state index in [0.29, 0.717) is 12.3 Å². The Labute approximate surface area is 87.7 Å². The average molecular weight is 197 g/mol. The number of likely N-dealkylation sites (tertiary alicyclic amines) is 1. The summed E-state index contributed by atoms with van der Waals surface area (Å²) in [6, 6.07) is 0. The fourth-order valence-corrected chi connectivity index (χ4v) is 1.90. The molecule has 0 amide bonds. The zero-order chi connectivity index (χ0) is 10.7. The Morgan fingerprint density at radius 2 is 2.00 bits per heavy atom. The summed E-state index contributed by atoms with van der Waals surface area (Å²) >= 11 is 0. The van der Waals surface area contributed by atoms with Crippen LogP contribution in [-0.4, -0.2) is 30.3 Å². The zero-order valence-corrected chi connectivity index (χ0v) is 9.92. The second-order valence-electron chi connectivity index (χ2n) is 5.10. The number of hydrogen-bond acceptors (Lipinski definition) is 2. The van der Waals surface area contributed by atoms with Gasteiger partial charge in [-0.1, -0.05) is 27.7 Å². The van der Waals surface area contributed by atoms with Gasteiger partial charge in [-0.3, -0.25) is 9.69 Å². The minimum absolute atomic E-state index is 0.185. The third-order valence-corrected chi connectivity index (χ3v) is 3.44. The van der Waals surface area contributed by atoms with Gasteiger partial charge in [0, 0.05) is 12.5 Å². The van der Waals surface area contributed by atoms with Crippen molar-refractivity contribution in [2.45, 2.75) is 34.1 Å². The van der Waals surface area contributed by atoms with E-state index in [9.17, 15) is 4.79 Å². The summed E-state index contributed by atoms with van der Waals surface area (Å²) in [5.74, 6) is 2.13. The second-order valence-corrected chi connectivity index (χ2v) is 5.10. The molecule has 2 atom stereocenters. The lowest BCUT2D eigenvalue weighted by atomic mass is 9.88. The molecule has 0 saturated carbocycles. The van der Waals surface area contributed by atoms with Crippen LogP contribution in [0.1, 0.15) is 34.1 Å². The molecular formula is C12H23NO. The molecule has 1 rings (SSSR count). The van der Waals surface area contributed by atoms with Crippen LogP contribution in [0.2, 0.25) is 0 Å².